The van der Waals surface area contributed by atoms with Gasteiger partial charge in [-0.15, -0.1) is 11.3 Å². The lowest BCUT2D eigenvalue weighted by molar-refractivity contribution is -0.139. The topological polar surface area (TPSA) is 88.5 Å². The van der Waals surface area contributed by atoms with Crippen LogP contribution in [0.25, 0.3) is 0 Å². The SMILES string of the molecule is COc1cccc(C(C)(CC(=O)O)NC(=O)Cc2csc(C(C)(C)C)n2)c1. The van der Waals surface area contributed by atoms with E-state index in [-0.39, 0.29) is 24.2 Å². The number of carbonyl (C=O) groups excluding carboxylic acids is 1. The zero-order chi connectivity index (χ0) is 20.2. The number of carbonyl (C=O) groups is 2. The fourth-order valence-corrected chi connectivity index (χ4v) is 3.64. The molecule has 2 rings (SSSR count). The maximum Gasteiger partial charge on any atom is 0.306 e. The highest BCUT2D eigenvalue weighted by Crippen LogP contribution is 2.29. The number of amides is 1. The van der Waals surface area contributed by atoms with Crippen molar-refractivity contribution in [3.05, 3.63) is 45.9 Å². The van der Waals surface area contributed by atoms with Gasteiger partial charge in [0.2, 0.25) is 5.91 Å². The first-order chi connectivity index (χ1) is 12.5. The average Bonchev–Trinajstić information content (AvgIpc) is 3.02. The molecule has 0 aliphatic carbocycles. The number of methoxy groups -OCH3 is 1. The molecular weight excluding hydrogens is 364 g/mol. The van der Waals surface area contributed by atoms with Gasteiger partial charge in [-0.25, -0.2) is 4.98 Å². The number of hydrogen-bond acceptors (Lipinski definition) is 5. The monoisotopic (exact) mass is 390 g/mol. The van der Waals surface area contributed by atoms with Gasteiger partial charge in [0.05, 0.1) is 36.2 Å². The predicted octanol–water partition coefficient (Wildman–Crippen LogP) is 3.50. The first-order valence-corrected chi connectivity index (χ1v) is 9.54. The molecule has 7 heteroatoms. The van der Waals surface area contributed by atoms with Crippen LogP contribution in [0.3, 0.4) is 0 Å². The number of nitrogens with one attached hydrogen (secondary N) is 1. The fourth-order valence-electron chi connectivity index (χ4n) is 2.74. The van der Waals surface area contributed by atoms with Gasteiger partial charge in [-0.2, -0.15) is 0 Å². The minimum Gasteiger partial charge on any atom is -0.497 e. The van der Waals surface area contributed by atoms with Crippen molar-refractivity contribution >= 4 is 23.2 Å². The van der Waals surface area contributed by atoms with Gasteiger partial charge in [-0.3, -0.25) is 9.59 Å². The van der Waals surface area contributed by atoms with Crippen LogP contribution in [0.2, 0.25) is 0 Å². The molecule has 1 amide bonds. The second kappa shape index (κ2) is 8.08. The van der Waals surface area contributed by atoms with Crippen LogP contribution in [-0.2, 0) is 27.0 Å². The Morgan fingerprint density at radius 3 is 2.52 bits per heavy atom. The Hall–Kier alpha value is -2.41. The Labute approximate surface area is 163 Å². The Morgan fingerprint density at radius 2 is 1.96 bits per heavy atom. The van der Waals surface area contributed by atoms with E-state index in [9.17, 15) is 14.7 Å². The van der Waals surface area contributed by atoms with Gasteiger partial charge in [-0.05, 0) is 24.6 Å². The third-order valence-electron chi connectivity index (χ3n) is 4.16. The molecule has 27 heavy (non-hydrogen) atoms. The van der Waals surface area contributed by atoms with Crippen molar-refractivity contribution in [3.63, 3.8) is 0 Å². The molecule has 0 saturated heterocycles. The third kappa shape index (κ3) is 5.53. The minimum atomic E-state index is -1.06. The van der Waals surface area contributed by atoms with E-state index in [4.69, 9.17) is 4.74 Å². The van der Waals surface area contributed by atoms with E-state index in [1.54, 1.807) is 38.3 Å². The van der Waals surface area contributed by atoms with Gasteiger partial charge >= 0.3 is 5.97 Å². The lowest BCUT2D eigenvalue weighted by Crippen LogP contribution is -2.45. The molecule has 0 fully saturated rings. The van der Waals surface area contributed by atoms with Crippen molar-refractivity contribution in [1.29, 1.82) is 0 Å². The maximum absolute atomic E-state index is 12.6. The number of aliphatic carboxylic acids is 1. The van der Waals surface area contributed by atoms with Gasteiger partial charge in [-0.1, -0.05) is 32.9 Å². The normalized spacial score (nSPS) is 13.7. The van der Waals surface area contributed by atoms with Crippen molar-refractivity contribution in [2.45, 2.75) is 51.5 Å². The van der Waals surface area contributed by atoms with Crippen molar-refractivity contribution in [1.82, 2.24) is 10.3 Å². The molecule has 0 radical (unpaired) electrons. The van der Waals surface area contributed by atoms with Crippen LogP contribution in [0.4, 0.5) is 0 Å². The molecule has 0 spiro atoms. The molecule has 0 saturated carbocycles. The number of aromatic nitrogens is 1. The number of carboxylic acids is 1. The number of hydrogen-bond donors (Lipinski definition) is 2. The van der Waals surface area contributed by atoms with Gasteiger partial charge in [0.1, 0.15) is 5.75 Å². The molecule has 1 aromatic heterocycles. The standard InChI is InChI=1S/C20H26N2O4S/c1-19(2,3)18-21-14(12-27-18)10-16(23)22-20(4,11-17(24)25)13-7-6-8-15(9-13)26-5/h6-9,12H,10-11H2,1-5H3,(H,22,23)(H,24,25). The summed E-state index contributed by atoms with van der Waals surface area (Å²) >= 11 is 1.53. The lowest BCUT2D eigenvalue weighted by Gasteiger charge is -2.30. The summed E-state index contributed by atoms with van der Waals surface area (Å²) in [7, 11) is 1.54. The first-order valence-electron chi connectivity index (χ1n) is 8.66. The van der Waals surface area contributed by atoms with E-state index in [0.29, 0.717) is 17.0 Å². The molecule has 1 unspecified atom stereocenters. The highest BCUT2D eigenvalue weighted by molar-refractivity contribution is 7.09. The summed E-state index contributed by atoms with van der Waals surface area (Å²) in [5.41, 5.74) is 0.231. The quantitative estimate of drug-likeness (QED) is 0.755. The maximum atomic E-state index is 12.6. The highest BCUT2D eigenvalue weighted by atomic mass is 32.1. The van der Waals surface area contributed by atoms with E-state index in [0.717, 1.165) is 5.01 Å². The van der Waals surface area contributed by atoms with Crippen LogP contribution in [0, 0.1) is 0 Å². The number of nitrogens with zero attached hydrogens (tertiary/aromatic N) is 1. The molecule has 1 heterocycles. The second-order valence-electron chi connectivity index (χ2n) is 7.75. The van der Waals surface area contributed by atoms with Crippen molar-refractivity contribution in [3.8, 4) is 5.75 Å². The third-order valence-corrected chi connectivity index (χ3v) is 5.48. The first kappa shape index (κ1) is 20.9. The summed E-state index contributed by atoms with van der Waals surface area (Å²) in [5.74, 6) is -0.663. The molecule has 0 bridgehead atoms. The molecule has 0 aliphatic rings. The number of benzene rings is 1. The van der Waals surface area contributed by atoms with Gasteiger partial charge < -0.3 is 15.2 Å². The molecule has 6 nitrogen and oxygen atoms in total. The summed E-state index contributed by atoms with van der Waals surface area (Å²) in [5, 5.41) is 15.1. The minimum absolute atomic E-state index is 0.0716. The summed E-state index contributed by atoms with van der Waals surface area (Å²) in [4.78, 5) is 28.6. The lowest BCUT2D eigenvalue weighted by atomic mass is 9.88. The number of ether oxygens (including phenoxy) is 1. The zero-order valence-electron chi connectivity index (χ0n) is 16.3. The molecule has 1 aromatic carbocycles. The second-order valence-corrected chi connectivity index (χ2v) is 8.61. The molecular formula is C20H26N2O4S. The summed E-state index contributed by atoms with van der Waals surface area (Å²) in [6, 6.07) is 7.07. The summed E-state index contributed by atoms with van der Waals surface area (Å²) in [6.07, 6.45) is -0.137. The predicted molar refractivity (Wildman–Crippen MR) is 105 cm³/mol. The summed E-state index contributed by atoms with van der Waals surface area (Å²) < 4.78 is 5.22. The molecule has 1 atom stereocenters. The van der Waals surface area contributed by atoms with Crippen LogP contribution >= 0.6 is 11.3 Å². The van der Waals surface area contributed by atoms with Crippen LogP contribution in [0.5, 0.6) is 5.75 Å². The molecule has 146 valence electrons. The van der Waals surface area contributed by atoms with Crippen molar-refractivity contribution < 1.29 is 19.4 Å². The van der Waals surface area contributed by atoms with E-state index in [1.165, 1.54) is 11.3 Å². The molecule has 2 N–H and O–H groups in total. The Balaban J connectivity index is 2.21. The largest absolute Gasteiger partial charge is 0.497 e. The van der Waals surface area contributed by atoms with Crippen molar-refractivity contribution in [2.75, 3.05) is 7.11 Å². The van der Waals surface area contributed by atoms with Gasteiger partial charge in [0.15, 0.2) is 0 Å². The average molecular weight is 391 g/mol. The van der Waals surface area contributed by atoms with E-state index < -0.39 is 11.5 Å². The zero-order valence-corrected chi connectivity index (χ0v) is 17.1. The Bertz CT molecular complexity index is 825. The Morgan fingerprint density at radius 1 is 1.26 bits per heavy atom. The summed E-state index contributed by atoms with van der Waals surface area (Å²) in [6.45, 7) is 7.92. The highest BCUT2D eigenvalue weighted by Gasteiger charge is 2.32. The number of rotatable bonds is 7. The van der Waals surface area contributed by atoms with Gasteiger partial charge in [0.25, 0.3) is 0 Å². The van der Waals surface area contributed by atoms with Crippen LogP contribution in [0.15, 0.2) is 29.6 Å². The smallest absolute Gasteiger partial charge is 0.306 e. The van der Waals surface area contributed by atoms with E-state index in [2.05, 4.69) is 31.1 Å². The molecule has 2 aromatic rings. The van der Waals surface area contributed by atoms with Crippen LogP contribution in [-0.4, -0.2) is 29.1 Å². The van der Waals surface area contributed by atoms with E-state index in [1.807, 2.05) is 5.38 Å². The van der Waals surface area contributed by atoms with Crippen LogP contribution in [0.1, 0.15) is 50.4 Å². The van der Waals surface area contributed by atoms with E-state index >= 15 is 0 Å². The van der Waals surface area contributed by atoms with Crippen LogP contribution < -0.4 is 10.1 Å². The molecule has 0 aliphatic heterocycles. The number of thiazole rings is 1. The van der Waals surface area contributed by atoms with Gasteiger partial charge in [0, 0.05) is 10.8 Å². The fraction of sp³-hybridized carbons (Fsp3) is 0.450. The number of carboxylic acid groups (broad SMARTS) is 1. The van der Waals surface area contributed by atoms with Crippen molar-refractivity contribution in [2.24, 2.45) is 0 Å². The Kier molecular flexibility index (Phi) is 6.26.